The van der Waals surface area contributed by atoms with Crippen LogP contribution in [0.5, 0.6) is 0 Å². The molecule has 9 nitrogen and oxygen atoms in total. The Hall–Kier alpha value is -2.89. The SMILES string of the molecule is C[C@H](CO)O/N=C(/C(=O)Nc1nc2cccnc2s1)c1ccc(S(=O)(=O)C2CC2)cc1. The summed E-state index contributed by atoms with van der Waals surface area (Å²) in [5, 5.41) is 15.8. The Morgan fingerprint density at radius 3 is 2.71 bits per heavy atom. The molecule has 0 bridgehead atoms. The molecule has 1 aromatic carbocycles. The van der Waals surface area contributed by atoms with Gasteiger partial charge in [-0.05, 0) is 44.0 Å². The van der Waals surface area contributed by atoms with E-state index in [0.717, 1.165) is 0 Å². The molecule has 0 radical (unpaired) electrons. The lowest BCUT2D eigenvalue weighted by Gasteiger charge is -2.10. The number of aromatic nitrogens is 2. The molecular weight excluding hydrogens is 440 g/mol. The van der Waals surface area contributed by atoms with Crippen LogP contribution in [-0.2, 0) is 19.5 Å². The highest BCUT2D eigenvalue weighted by Gasteiger charge is 2.36. The molecule has 1 fully saturated rings. The van der Waals surface area contributed by atoms with Gasteiger partial charge in [0.2, 0.25) is 0 Å². The van der Waals surface area contributed by atoms with Gasteiger partial charge in [0.05, 0.1) is 16.8 Å². The van der Waals surface area contributed by atoms with E-state index in [-0.39, 0.29) is 22.5 Å². The second-order valence-corrected chi connectivity index (χ2v) is 10.3. The van der Waals surface area contributed by atoms with Gasteiger partial charge in [0.1, 0.15) is 16.5 Å². The number of anilines is 1. The second kappa shape index (κ2) is 8.69. The van der Waals surface area contributed by atoms with Crippen LogP contribution >= 0.6 is 11.3 Å². The Labute approximate surface area is 182 Å². The maximum absolute atomic E-state index is 12.9. The Morgan fingerprint density at radius 2 is 2.06 bits per heavy atom. The fraction of sp³-hybridized carbons (Fsp3) is 0.300. The van der Waals surface area contributed by atoms with Gasteiger partial charge in [-0.3, -0.25) is 10.1 Å². The molecule has 0 unspecified atom stereocenters. The number of hydrogen-bond acceptors (Lipinski definition) is 9. The van der Waals surface area contributed by atoms with Crippen LogP contribution in [0.25, 0.3) is 10.3 Å². The van der Waals surface area contributed by atoms with Gasteiger partial charge in [0.25, 0.3) is 5.91 Å². The molecule has 1 aliphatic rings. The van der Waals surface area contributed by atoms with Crippen LogP contribution < -0.4 is 5.32 Å². The summed E-state index contributed by atoms with van der Waals surface area (Å²) in [7, 11) is -3.34. The van der Waals surface area contributed by atoms with Gasteiger partial charge in [0.15, 0.2) is 20.7 Å². The van der Waals surface area contributed by atoms with Crippen molar-refractivity contribution < 1.29 is 23.2 Å². The van der Waals surface area contributed by atoms with Crippen LogP contribution in [-0.4, -0.2) is 53.1 Å². The molecule has 2 N–H and O–H groups in total. The van der Waals surface area contributed by atoms with Crippen molar-refractivity contribution >= 4 is 48.3 Å². The average molecular weight is 461 g/mol. The number of sulfone groups is 1. The predicted molar refractivity (Wildman–Crippen MR) is 117 cm³/mol. The summed E-state index contributed by atoms with van der Waals surface area (Å²) in [6, 6.07) is 9.49. The number of aliphatic hydroxyl groups excluding tert-OH is 1. The lowest BCUT2D eigenvalue weighted by molar-refractivity contribution is -0.110. The third-order valence-corrected chi connectivity index (χ3v) is 7.78. The first kappa shape index (κ1) is 21.3. The van der Waals surface area contributed by atoms with E-state index >= 15 is 0 Å². The third kappa shape index (κ3) is 4.73. The van der Waals surface area contributed by atoms with E-state index in [1.807, 2.05) is 0 Å². The highest BCUT2D eigenvalue weighted by molar-refractivity contribution is 7.92. The summed E-state index contributed by atoms with van der Waals surface area (Å²) in [5.41, 5.74) is 0.959. The molecule has 4 rings (SSSR count). The van der Waals surface area contributed by atoms with Crippen molar-refractivity contribution in [2.45, 2.75) is 36.0 Å². The summed E-state index contributed by atoms with van der Waals surface area (Å²) in [5.74, 6) is -0.581. The van der Waals surface area contributed by atoms with Gasteiger partial charge in [-0.15, -0.1) is 0 Å². The topological polar surface area (TPSA) is 131 Å². The lowest BCUT2D eigenvalue weighted by Crippen LogP contribution is -2.25. The summed E-state index contributed by atoms with van der Waals surface area (Å²) in [4.78, 5) is 27.5. The third-order valence-electron chi connectivity index (χ3n) is 4.60. The molecule has 11 heteroatoms. The molecule has 0 saturated heterocycles. The Kier molecular flexibility index (Phi) is 5.99. The highest BCUT2D eigenvalue weighted by Crippen LogP contribution is 2.33. The molecule has 1 amide bonds. The molecular formula is C20H20N4O5S2. The quantitative estimate of drug-likeness (QED) is 0.390. The van der Waals surface area contributed by atoms with E-state index in [1.165, 1.54) is 35.6 Å². The number of carbonyl (C=O) groups excluding carboxylic acids is 1. The second-order valence-electron chi connectivity index (χ2n) is 7.11. The smallest absolute Gasteiger partial charge is 0.280 e. The number of carbonyl (C=O) groups is 1. The minimum atomic E-state index is -3.34. The van der Waals surface area contributed by atoms with E-state index < -0.39 is 21.8 Å². The molecule has 162 valence electrons. The van der Waals surface area contributed by atoms with E-state index in [0.29, 0.717) is 33.9 Å². The summed E-state index contributed by atoms with van der Waals surface area (Å²) in [6.45, 7) is 1.32. The zero-order valence-corrected chi connectivity index (χ0v) is 18.2. The number of amides is 1. The molecule has 0 spiro atoms. The minimum Gasteiger partial charge on any atom is -0.392 e. The number of pyridine rings is 1. The number of oxime groups is 1. The molecule has 1 aliphatic carbocycles. The van der Waals surface area contributed by atoms with E-state index in [4.69, 9.17) is 4.84 Å². The monoisotopic (exact) mass is 460 g/mol. The van der Waals surface area contributed by atoms with Gasteiger partial charge in [-0.25, -0.2) is 18.4 Å². The van der Waals surface area contributed by atoms with Crippen LogP contribution in [0.4, 0.5) is 5.13 Å². The van der Waals surface area contributed by atoms with Crippen molar-refractivity contribution in [1.82, 2.24) is 9.97 Å². The molecule has 31 heavy (non-hydrogen) atoms. The Morgan fingerprint density at radius 1 is 1.32 bits per heavy atom. The number of hydrogen-bond donors (Lipinski definition) is 2. The number of benzene rings is 1. The van der Waals surface area contributed by atoms with E-state index in [2.05, 4.69) is 20.4 Å². The van der Waals surface area contributed by atoms with Gasteiger partial charge < -0.3 is 9.94 Å². The molecule has 2 heterocycles. The van der Waals surface area contributed by atoms with Gasteiger partial charge >= 0.3 is 0 Å². The predicted octanol–water partition coefficient (Wildman–Crippen LogP) is 2.37. The number of nitrogens with one attached hydrogen (secondary N) is 1. The molecule has 1 saturated carbocycles. The van der Waals surface area contributed by atoms with E-state index in [1.54, 1.807) is 25.3 Å². The lowest BCUT2D eigenvalue weighted by atomic mass is 10.1. The molecule has 0 aliphatic heterocycles. The Bertz CT molecular complexity index is 1200. The van der Waals surface area contributed by atoms with Crippen molar-refractivity contribution in [3.63, 3.8) is 0 Å². The first-order valence-corrected chi connectivity index (χ1v) is 12.0. The number of nitrogens with zero attached hydrogens (tertiary/aromatic N) is 3. The summed E-state index contributed by atoms with van der Waals surface area (Å²) in [6.07, 6.45) is 2.36. The Balaban J connectivity index is 1.61. The standard InChI is InChI=1S/C20H20N4O5S2/c1-12(11-25)29-24-17(13-4-6-14(7-5-13)31(27,28)15-8-9-15)18(26)23-20-22-16-3-2-10-21-19(16)30-20/h2-7,10,12,15,25H,8-9,11H2,1H3,(H,22,23,26)/b24-17+/t12-/m1/s1. The fourth-order valence-corrected chi connectivity index (χ4v) is 5.21. The summed E-state index contributed by atoms with van der Waals surface area (Å²) < 4.78 is 24.8. The van der Waals surface area contributed by atoms with Crippen LogP contribution in [0.2, 0.25) is 0 Å². The molecule has 2 aromatic heterocycles. The van der Waals surface area contributed by atoms with E-state index in [9.17, 15) is 18.3 Å². The number of aliphatic hydroxyl groups is 1. The van der Waals surface area contributed by atoms with Gasteiger partial charge in [-0.1, -0.05) is 28.6 Å². The first-order valence-electron chi connectivity index (χ1n) is 9.60. The minimum absolute atomic E-state index is 0.0668. The van der Waals surface area contributed by atoms with Crippen molar-refractivity contribution in [2.24, 2.45) is 5.16 Å². The maximum Gasteiger partial charge on any atom is 0.280 e. The zero-order chi connectivity index (χ0) is 22.0. The highest BCUT2D eigenvalue weighted by atomic mass is 32.2. The number of fused-ring (bicyclic) bond motifs is 1. The summed E-state index contributed by atoms with van der Waals surface area (Å²) >= 11 is 1.21. The molecule has 1 atom stereocenters. The van der Waals surface area contributed by atoms with Gasteiger partial charge in [0, 0.05) is 11.8 Å². The normalized spacial score (nSPS) is 15.6. The van der Waals surface area contributed by atoms with Crippen LogP contribution in [0.3, 0.4) is 0 Å². The van der Waals surface area contributed by atoms with Crippen molar-refractivity contribution in [1.29, 1.82) is 0 Å². The number of thiazole rings is 1. The van der Waals surface area contributed by atoms with Crippen molar-refractivity contribution in [3.8, 4) is 0 Å². The number of rotatable bonds is 8. The first-order chi connectivity index (χ1) is 14.9. The zero-order valence-electron chi connectivity index (χ0n) is 16.6. The van der Waals surface area contributed by atoms with Crippen molar-refractivity contribution in [3.05, 3.63) is 48.2 Å². The average Bonchev–Trinajstić information content (AvgIpc) is 3.55. The fourth-order valence-electron chi connectivity index (χ4n) is 2.75. The van der Waals surface area contributed by atoms with Crippen LogP contribution in [0.1, 0.15) is 25.3 Å². The maximum atomic E-state index is 12.9. The van der Waals surface area contributed by atoms with Crippen LogP contribution in [0, 0.1) is 0 Å². The van der Waals surface area contributed by atoms with Gasteiger partial charge in [-0.2, -0.15) is 0 Å². The van der Waals surface area contributed by atoms with Crippen LogP contribution in [0.15, 0.2) is 52.6 Å². The molecule has 3 aromatic rings. The van der Waals surface area contributed by atoms with Crippen molar-refractivity contribution in [2.75, 3.05) is 11.9 Å². The largest absolute Gasteiger partial charge is 0.392 e.